The standard InChI is InChI=1S/C30H35N3O5S/c1-4-37-29(35)25-21(3)27(30(36)38-5-2)39-28(25)31-24(34)20-32-16-18-33(19-17-32)26(22-12-8-6-9-13-22)23-14-10-7-11-15-23/h6-15,26H,4-5,16-20H2,1-3H3,(H,31,34). The molecule has 2 heterocycles. The second-order valence-corrected chi connectivity index (χ2v) is 10.3. The molecule has 0 unspecified atom stereocenters. The number of piperazine rings is 1. The van der Waals surface area contributed by atoms with Gasteiger partial charge in [0.05, 0.1) is 31.4 Å². The highest BCUT2D eigenvalue weighted by Crippen LogP contribution is 2.34. The molecule has 1 fully saturated rings. The zero-order valence-corrected chi connectivity index (χ0v) is 23.5. The Balaban J connectivity index is 1.43. The summed E-state index contributed by atoms with van der Waals surface area (Å²) in [5.74, 6) is -1.33. The summed E-state index contributed by atoms with van der Waals surface area (Å²) in [5.41, 5.74) is 3.14. The zero-order chi connectivity index (χ0) is 27.8. The highest BCUT2D eigenvalue weighted by atomic mass is 32.1. The van der Waals surface area contributed by atoms with Gasteiger partial charge in [0.15, 0.2) is 0 Å². The lowest BCUT2D eigenvalue weighted by molar-refractivity contribution is -0.117. The average Bonchev–Trinajstić information content (AvgIpc) is 3.26. The molecule has 206 valence electrons. The third kappa shape index (κ3) is 6.92. The summed E-state index contributed by atoms with van der Waals surface area (Å²) in [6.45, 7) is 8.76. The van der Waals surface area contributed by atoms with Crippen LogP contribution in [0.5, 0.6) is 0 Å². The van der Waals surface area contributed by atoms with Crippen LogP contribution in [0.25, 0.3) is 0 Å². The van der Waals surface area contributed by atoms with Crippen LogP contribution in [-0.4, -0.2) is 73.6 Å². The van der Waals surface area contributed by atoms with Crippen molar-refractivity contribution in [2.45, 2.75) is 26.8 Å². The summed E-state index contributed by atoms with van der Waals surface area (Å²) in [6.07, 6.45) is 0. The molecule has 1 saturated heterocycles. The van der Waals surface area contributed by atoms with Gasteiger partial charge >= 0.3 is 11.9 Å². The molecule has 1 aliphatic heterocycles. The number of anilines is 1. The minimum absolute atomic E-state index is 0.144. The predicted octanol–water partition coefficient (Wildman–Crippen LogP) is 4.76. The molecule has 1 aromatic heterocycles. The van der Waals surface area contributed by atoms with Gasteiger partial charge in [-0.15, -0.1) is 11.3 Å². The van der Waals surface area contributed by atoms with E-state index in [4.69, 9.17) is 9.47 Å². The number of amides is 1. The number of rotatable bonds is 10. The maximum Gasteiger partial charge on any atom is 0.348 e. The minimum atomic E-state index is -0.571. The van der Waals surface area contributed by atoms with Crippen molar-refractivity contribution in [1.82, 2.24) is 9.80 Å². The van der Waals surface area contributed by atoms with Crippen molar-refractivity contribution in [3.05, 3.63) is 87.8 Å². The van der Waals surface area contributed by atoms with Crippen LogP contribution in [0.2, 0.25) is 0 Å². The van der Waals surface area contributed by atoms with Crippen LogP contribution in [0.1, 0.15) is 56.6 Å². The topological polar surface area (TPSA) is 88.2 Å². The van der Waals surface area contributed by atoms with Crippen LogP contribution in [-0.2, 0) is 14.3 Å². The summed E-state index contributed by atoms with van der Waals surface area (Å²) in [5, 5.41) is 3.17. The van der Waals surface area contributed by atoms with Crippen LogP contribution in [0.4, 0.5) is 5.00 Å². The third-order valence-electron chi connectivity index (χ3n) is 6.71. The zero-order valence-electron chi connectivity index (χ0n) is 22.6. The number of carbonyl (C=O) groups excluding carboxylic acids is 3. The molecule has 1 amide bonds. The normalized spacial score (nSPS) is 14.3. The smallest absolute Gasteiger partial charge is 0.348 e. The Bertz CT molecular complexity index is 1230. The molecule has 0 radical (unpaired) electrons. The van der Waals surface area contributed by atoms with E-state index in [1.54, 1.807) is 20.8 Å². The van der Waals surface area contributed by atoms with E-state index in [0.717, 1.165) is 37.5 Å². The molecule has 0 atom stereocenters. The van der Waals surface area contributed by atoms with Gasteiger partial charge in [-0.3, -0.25) is 14.6 Å². The van der Waals surface area contributed by atoms with E-state index in [0.29, 0.717) is 10.6 Å². The van der Waals surface area contributed by atoms with Gasteiger partial charge in [0.25, 0.3) is 0 Å². The lowest BCUT2D eigenvalue weighted by atomic mass is 9.96. The van der Waals surface area contributed by atoms with Gasteiger partial charge in [0.1, 0.15) is 9.88 Å². The van der Waals surface area contributed by atoms with Gasteiger partial charge in [-0.2, -0.15) is 0 Å². The number of thiophene rings is 1. The van der Waals surface area contributed by atoms with Crippen molar-refractivity contribution >= 4 is 34.2 Å². The summed E-state index contributed by atoms with van der Waals surface area (Å²) in [7, 11) is 0. The molecular weight excluding hydrogens is 514 g/mol. The van der Waals surface area contributed by atoms with Gasteiger partial charge in [-0.05, 0) is 37.5 Å². The molecule has 0 aliphatic carbocycles. The first-order chi connectivity index (χ1) is 18.9. The molecule has 1 N–H and O–H groups in total. The molecule has 9 heteroatoms. The first-order valence-corrected chi connectivity index (χ1v) is 14.1. The van der Waals surface area contributed by atoms with E-state index in [1.165, 1.54) is 11.1 Å². The maximum absolute atomic E-state index is 13.1. The molecule has 4 rings (SSSR count). The van der Waals surface area contributed by atoms with Crippen LogP contribution < -0.4 is 5.32 Å². The van der Waals surface area contributed by atoms with Crippen LogP contribution in [0.3, 0.4) is 0 Å². The van der Waals surface area contributed by atoms with Crippen molar-refractivity contribution in [2.75, 3.05) is 51.3 Å². The fourth-order valence-corrected chi connectivity index (χ4v) is 5.98. The minimum Gasteiger partial charge on any atom is -0.462 e. The monoisotopic (exact) mass is 549 g/mol. The fraction of sp³-hybridized carbons (Fsp3) is 0.367. The Morgan fingerprint density at radius 2 is 1.38 bits per heavy atom. The second-order valence-electron chi connectivity index (χ2n) is 9.29. The van der Waals surface area contributed by atoms with Gasteiger partial charge in [0, 0.05) is 26.2 Å². The molecule has 0 spiro atoms. The van der Waals surface area contributed by atoms with Crippen molar-refractivity contribution in [3.63, 3.8) is 0 Å². The number of ether oxygens (including phenoxy) is 2. The fourth-order valence-electron chi connectivity index (χ4n) is 4.88. The number of esters is 2. The molecule has 1 aliphatic rings. The Morgan fingerprint density at radius 1 is 0.846 bits per heavy atom. The van der Waals surface area contributed by atoms with E-state index in [-0.39, 0.29) is 42.1 Å². The van der Waals surface area contributed by atoms with E-state index in [2.05, 4.69) is 63.6 Å². The molecular formula is C30H35N3O5S. The maximum atomic E-state index is 13.1. The number of nitrogens with zero attached hydrogens (tertiary/aromatic N) is 2. The van der Waals surface area contributed by atoms with Gasteiger partial charge in [-0.1, -0.05) is 60.7 Å². The molecule has 2 aromatic carbocycles. The van der Waals surface area contributed by atoms with Crippen LogP contribution in [0, 0.1) is 6.92 Å². The third-order valence-corrected chi connectivity index (χ3v) is 7.90. The molecule has 0 saturated carbocycles. The van der Waals surface area contributed by atoms with E-state index in [9.17, 15) is 14.4 Å². The largest absolute Gasteiger partial charge is 0.462 e. The van der Waals surface area contributed by atoms with Crippen molar-refractivity contribution in [2.24, 2.45) is 0 Å². The summed E-state index contributed by atoms with van der Waals surface area (Å²) < 4.78 is 10.3. The van der Waals surface area contributed by atoms with Crippen LogP contribution in [0.15, 0.2) is 60.7 Å². The SMILES string of the molecule is CCOC(=O)c1sc(NC(=O)CN2CCN(C(c3ccccc3)c3ccccc3)CC2)c(C(=O)OCC)c1C. The Kier molecular flexibility index (Phi) is 9.86. The number of nitrogens with one attached hydrogen (secondary N) is 1. The van der Waals surface area contributed by atoms with E-state index < -0.39 is 11.9 Å². The van der Waals surface area contributed by atoms with E-state index in [1.807, 2.05) is 12.1 Å². The first-order valence-electron chi connectivity index (χ1n) is 13.3. The number of hydrogen-bond donors (Lipinski definition) is 1. The highest BCUT2D eigenvalue weighted by Gasteiger charge is 2.29. The van der Waals surface area contributed by atoms with Crippen molar-refractivity contribution in [1.29, 1.82) is 0 Å². The number of hydrogen-bond acceptors (Lipinski definition) is 8. The number of benzene rings is 2. The first kappa shape index (κ1) is 28.5. The lowest BCUT2D eigenvalue weighted by Crippen LogP contribution is -2.49. The van der Waals surface area contributed by atoms with Gasteiger partial charge in [-0.25, -0.2) is 9.59 Å². The summed E-state index contributed by atoms with van der Waals surface area (Å²) in [4.78, 5) is 43.0. The number of carbonyl (C=O) groups is 3. The Morgan fingerprint density at radius 3 is 1.92 bits per heavy atom. The summed E-state index contributed by atoms with van der Waals surface area (Å²) in [6, 6.07) is 21.1. The van der Waals surface area contributed by atoms with Crippen molar-refractivity contribution < 1.29 is 23.9 Å². The van der Waals surface area contributed by atoms with Crippen molar-refractivity contribution in [3.8, 4) is 0 Å². The lowest BCUT2D eigenvalue weighted by Gasteiger charge is -2.39. The Labute approximate surface area is 233 Å². The van der Waals surface area contributed by atoms with Gasteiger partial charge < -0.3 is 14.8 Å². The van der Waals surface area contributed by atoms with E-state index >= 15 is 0 Å². The molecule has 0 bridgehead atoms. The molecule has 8 nitrogen and oxygen atoms in total. The molecule has 3 aromatic rings. The summed E-state index contributed by atoms with van der Waals surface area (Å²) >= 11 is 1.04. The Hall–Kier alpha value is -3.53. The van der Waals surface area contributed by atoms with Gasteiger partial charge in [0.2, 0.25) is 5.91 Å². The quantitative estimate of drug-likeness (QED) is 0.365. The molecule has 39 heavy (non-hydrogen) atoms. The second kappa shape index (κ2) is 13.5. The predicted molar refractivity (Wildman–Crippen MR) is 152 cm³/mol. The average molecular weight is 550 g/mol. The van der Waals surface area contributed by atoms with Crippen LogP contribution >= 0.6 is 11.3 Å². The highest BCUT2D eigenvalue weighted by molar-refractivity contribution is 7.18.